The summed E-state index contributed by atoms with van der Waals surface area (Å²) < 4.78 is 5.15. The summed E-state index contributed by atoms with van der Waals surface area (Å²) in [6.45, 7) is 7.57. The Kier molecular flexibility index (Phi) is 4.36. The molecule has 5 nitrogen and oxygen atoms in total. The molecule has 1 saturated heterocycles. The monoisotopic (exact) mass is 250 g/mol. The van der Waals surface area contributed by atoms with Gasteiger partial charge >= 0.3 is 0 Å². The molecule has 0 amide bonds. The van der Waals surface area contributed by atoms with E-state index in [0.29, 0.717) is 17.9 Å². The number of rotatable bonds is 5. The van der Waals surface area contributed by atoms with E-state index in [2.05, 4.69) is 27.1 Å². The summed E-state index contributed by atoms with van der Waals surface area (Å²) in [5, 5.41) is 3.34. The summed E-state index contributed by atoms with van der Waals surface area (Å²) in [6, 6.07) is 2.17. The standard InChI is InChI=1S/C13H22N4O/c1-10-8-12(18-3)16-13(14-10)15-11(2)9-17-6-4-5-7-17/h8,11H,4-7,9H2,1-3H3,(H,14,15,16). The Hall–Kier alpha value is -1.36. The first-order chi connectivity index (χ1) is 8.67. The number of methoxy groups -OCH3 is 1. The second-order valence-electron chi connectivity index (χ2n) is 4.93. The Morgan fingerprint density at radius 3 is 2.78 bits per heavy atom. The predicted molar refractivity (Wildman–Crippen MR) is 72.1 cm³/mol. The van der Waals surface area contributed by atoms with Crippen LogP contribution in [0.4, 0.5) is 5.95 Å². The largest absolute Gasteiger partial charge is 0.481 e. The molecule has 0 spiro atoms. The molecule has 1 aliphatic rings. The smallest absolute Gasteiger partial charge is 0.226 e. The molecular weight excluding hydrogens is 228 g/mol. The van der Waals surface area contributed by atoms with Crippen molar-refractivity contribution < 1.29 is 4.74 Å². The van der Waals surface area contributed by atoms with E-state index in [1.54, 1.807) is 7.11 Å². The molecule has 0 saturated carbocycles. The number of aromatic nitrogens is 2. The van der Waals surface area contributed by atoms with Gasteiger partial charge in [0.15, 0.2) is 0 Å². The van der Waals surface area contributed by atoms with Gasteiger partial charge in [-0.05, 0) is 39.8 Å². The average molecular weight is 250 g/mol. The second kappa shape index (κ2) is 6.00. The van der Waals surface area contributed by atoms with Crippen molar-refractivity contribution in [2.24, 2.45) is 0 Å². The quantitative estimate of drug-likeness (QED) is 0.862. The van der Waals surface area contributed by atoms with Crippen LogP contribution in [0.2, 0.25) is 0 Å². The van der Waals surface area contributed by atoms with Crippen molar-refractivity contribution in [3.8, 4) is 5.88 Å². The van der Waals surface area contributed by atoms with Gasteiger partial charge in [-0.25, -0.2) is 4.98 Å². The van der Waals surface area contributed by atoms with Crippen molar-refractivity contribution in [1.29, 1.82) is 0 Å². The SMILES string of the molecule is COc1cc(C)nc(NC(C)CN2CCCC2)n1. The Bertz CT molecular complexity index is 391. The molecular formula is C13H22N4O. The molecule has 0 aromatic carbocycles. The average Bonchev–Trinajstić information content (AvgIpc) is 2.80. The first kappa shape index (κ1) is 13.1. The number of nitrogens with one attached hydrogen (secondary N) is 1. The van der Waals surface area contributed by atoms with Crippen LogP contribution in [0.3, 0.4) is 0 Å². The molecule has 5 heteroatoms. The number of ether oxygens (including phenoxy) is 1. The fraction of sp³-hybridized carbons (Fsp3) is 0.692. The lowest BCUT2D eigenvalue weighted by atomic mass is 10.3. The van der Waals surface area contributed by atoms with Crippen LogP contribution in [-0.4, -0.2) is 47.7 Å². The molecule has 18 heavy (non-hydrogen) atoms. The van der Waals surface area contributed by atoms with E-state index in [0.717, 1.165) is 12.2 Å². The van der Waals surface area contributed by atoms with Crippen molar-refractivity contribution in [2.45, 2.75) is 32.7 Å². The van der Waals surface area contributed by atoms with Crippen molar-refractivity contribution in [3.63, 3.8) is 0 Å². The number of hydrogen-bond acceptors (Lipinski definition) is 5. The van der Waals surface area contributed by atoms with Crippen molar-refractivity contribution in [3.05, 3.63) is 11.8 Å². The number of nitrogens with zero attached hydrogens (tertiary/aromatic N) is 3. The normalized spacial score (nSPS) is 17.7. The lowest BCUT2D eigenvalue weighted by Gasteiger charge is -2.21. The van der Waals surface area contributed by atoms with Gasteiger partial charge in [-0.1, -0.05) is 0 Å². The van der Waals surface area contributed by atoms with Crippen LogP contribution in [0.15, 0.2) is 6.07 Å². The molecule has 1 unspecified atom stereocenters. The van der Waals surface area contributed by atoms with Gasteiger partial charge in [0, 0.05) is 24.3 Å². The van der Waals surface area contributed by atoms with Crippen LogP contribution >= 0.6 is 0 Å². The highest BCUT2D eigenvalue weighted by Crippen LogP contribution is 2.13. The third-order valence-corrected chi connectivity index (χ3v) is 3.15. The van der Waals surface area contributed by atoms with Gasteiger partial charge in [-0.3, -0.25) is 0 Å². The van der Waals surface area contributed by atoms with E-state index in [1.165, 1.54) is 25.9 Å². The zero-order valence-electron chi connectivity index (χ0n) is 11.4. The van der Waals surface area contributed by atoms with E-state index in [-0.39, 0.29) is 0 Å². The van der Waals surface area contributed by atoms with E-state index in [1.807, 2.05) is 13.0 Å². The molecule has 1 fully saturated rings. The Morgan fingerprint density at radius 2 is 2.11 bits per heavy atom. The van der Waals surface area contributed by atoms with Gasteiger partial charge in [-0.2, -0.15) is 4.98 Å². The fourth-order valence-corrected chi connectivity index (χ4v) is 2.33. The van der Waals surface area contributed by atoms with E-state index in [4.69, 9.17) is 4.74 Å². The zero-order chi connectivity index (χ0) is 13.0. The molecule has 0 radical (unpaired) electrons. The summed E-state index contributed by atoms with van der Waals surface area (Å²) in [5.74, 6) is 1.26. The number of hydrogen-bond donors (Lipinski definition) is 1. The highest BCUT2D eigenvalue weighted by atomic mass is 16.5. The number of anilines is 1. The predicted octanol–water partition coefficient (Wildman–Crippen LogP) is 1.69. The van der Waals surface area contributed by atoms with E-state index in [9.17, 15) is 0 Å². The lowest BCUT2D eigenvalue weighted by molar-refractivity contribution is 0.327. The third-order valence-electron chi connectivity index (χ3n) is 3.15. The minimum Gasteiger partial charge on any atom is -0.481 e. The molecule has 100 valence electrons. The maximum Gasteiger partial charge on any atom is 0.226 e. The van der Waals surface area contributed by atoms with Gasteiger partial charge in [-0.15, -0.1) is 0 Å². The summed E-state index contributed by atoms with van der Waals surface area (Å²) in [4.78, 5) is 11.2. The molecule has 0 aliphatic carbocycles. The van der Waals surface area contributed by atoms with Crippen LogP contribution in [0.25, 0.3) is 0 Å². The molecule has 1 aromatic heterocycles. The minimum absolute atomic E-state index is 0.342. The van der Waals surface area contributed by atoms with Gasteiger partial charge in [0.2, 0.25) is 11.8 Å². The summed E-state index contributed by atoms with van der Waals surface area (Å²) in [7, 11) is 1.62. The van der Waals surface area contributed by atoms with Crippen molar-refractivity contribution in [2.75, 3.05) is 32.1 Å². The number of aryl methyl sites for hydroxylation is 1. The summed E-state index contributed by atoms with van der Waals surface area (Å²) >= 11 is 0. The molecule has 1 aliphatic heterocycles. The van der Waals surface area contributed by atoms with Gasteiger partial charge < -0.3 is 15.0 Å². The third kappa shape index (κ3) is 3.57. The minimum atomic E-state index is 0.342. The molecule has 1 N–H and O–H groups in total. The molecule has 2 rings (SSSR count). The molecule has 1 aromatic rings. The van der Waals surface area contributed by atoms with Crippen LogP contribution in [-0.2, 0) is 0 Å². The Morgan fingerprint density at radius 1 is 1.39 bits per heavy atom. The molecule has 0 bridgehead atoms. The maximum absolute atomic E-state index is 5.15. The maximum atomic E-state index is 5.15. The first-order valence-electron chi connectivity index (χ1n) is 6.56. The van der Waals surface area contributed by atoms with Crippen LogP contribution in [0.1, 0.15) is 25.5 Å². The number of likely N-dealkylation sites (tertiary alicyclic amines) is 1. The second-order valence-corrected chi connectivity index (χ2v) is 4.93. The van der Waals surface area contributed by atoms with Crippen molar-refractivity contribution in [1.82, 2.24) is 14.9 Å². The van der Waals surface area contributed by atoms with Gasteiger partial charge in [0.25, 0.3) is 0 Å². The van der Waals surface area contributed by atoms with Crippen LogP contribution < -0.4 is 10.1 Å². The zero-order valence-corrected chi connectivity index (χ0v) is 11.4. The lowest BCUT2D eigenvalue weighted by Crippen LogP contribution is -2.33. The topological polar surface area (TPSA) is 50.3 Å². The highest BCUT2D eigenvalue weighted by molar-refractivity contribution is 5.31. The summed E-state index contributed by atoms with van der Waals surface area (Å²) in [6.07, 6.45) is 2.64. The van der Waals surface area contributed by atoms with Crippen molar-refractivity contribution >= 4 is 5.95 Å². The van der Waals surface area contributed by atoms with Crippen LogP contribution in [0.5, 0.6) is 5.88 Å². The first-order valence-corrected chi connectivity index (χ1v) is 6.56. The molecule has 2 heterocycles. The van der Waals surface area contributed by atoms with Gasteiger partial charge in [0.05, 0.1) is 7.11 Å². The van der Waals surface area contributed by atoms with E-state index < -0.39 is 0 Å². The highest BCUT2D eigenvalue weighted by Gasteiger charge is 2.15. The summed E-state index contributed by atoms with van der Waals surface area (Å²) in [5.41, 5.74) is 0.915. The Labute approximate surface area is 109 Å². The van der Waals surface area contributed by atoms with Gasteiger partial charge in [0.1, 0.15) is 0 Å². The molecule has 1 atom stereocenters. The van der Waals surface area contributed by atoms with Crippen LogP contribution in [0, 0.1) is 6.92 Å². The Balaban J connectivity index is 1.93. The fourth-order valence-electron chi connectivity index (χ4n) is 2.33. The van der Waals surface area contributed by atoms with E-state index >= 15 is 0 Å².